The summed E-state index contributed by atoms with van der Waals surface area (Å²) < 4.78 is 0. The predicted octanol–water partition coefficient (Wildman–Crippen LogP) is 5.98. The molecule has 2 aliphatic carbocycles. The number of hydrogen-bond acceptors (Lipinski definition) is 0. The van der Waals surface area contributed by atoms with Crippen LogP contribution in [0.2, 0.25) is 0 Å². The second-order valence-electron chi connectivity index (χ2n) is 6.40. The molecule has 0 aromatic heterocycles. The fourth-order valence-electron chi connectivity index (χ4n) is 2.83. The van der Waals surface area contributed by atoms with Gasteiger partial charge in [-0.1, -0.05) is 60.4 Å². The molecule has 0 amide bonds. The van der Waals surface area contributed by atoms with Crippen molar-refractivity contribution in [2.45, 2.75) is 59.8 Å². The quantitative estimate of drug-likeness (QED) is 0.531. The number of allylic oxidation sites excluding steroid dienone is 8. The van der Waals surface area contributed by atoms with Gasteiger partial charge >= 0.3 is 0 Å². The van der Waals surface area contributed by atoms with Gasteiger partial charge in [0, 0.05) is 0 Å². The number of hydrogen-bond donors (Lipinski definition) is 0. The third kappa shape index (κ3) is 4.23. The summed E-state index contributed by atoms with van der Waals surface area (Å²) >= 11 is 0. The Labute approximate surface area is 119 Å². The summed E-state index contributed by atoms with van der Waals surface area (Å²) in [5.74, 6) is 1.63. The SMILES string of the molecule is CC/C(=C\C=C(/C)CC1=CC=C(C)C(C)C1)C1CC1. The lowest BCUT2D eigenvalue weighted by Crippen LogP contribution is -2.03. The van der Waals surface area contributed by atoms with Gasteiger partial charge in [0.15, 0.2) is 0 Å². The molecule has 2 aliphatic rings. The lowest BCUT2D eigenvalue weighted by atomic mass is 9.87. The maximum absolute atomic E-state index is 2.39. The van der Waals surface area contributed by atoms with E-state index in [1.165, 1.54) is 36.8 Å². The molecule has 0 N–H and O–H groups in total. The van der Waals surface area contributed by atoms with Crippen LogP contribution < -0.4 is 0 Å². The van der Waals surface area contributed by atoms with Crippen molar-refractivity contribution in [1.82, 2.24) is 0 Å². The molecule has 0 saturated heterocycles. The van der Waals surface area contributed by atoms with E-state index in [9.17, 15) is 0 Å². The monoisotopic (exact) mass is 256 g/mol. The van der Waals surface area contributed by atoms with E-state index in [2.05, 4.69) is 52.0 Å². The summed E-state index contributed by atoms with van der Waals surface area (Å²) in [5.41, 5.74) is 6.26. The van der Waals surface area contributed by atoms with Crippen molar-refractivity contribution < 1.29 is 0 Å². The van der Waals surface area contributed by atoms with Gasteiger partial charge in [-0.25, -0.2) is 0 Å². The van der Waals surface area contributed by atoms with E-state index < -0.39 is 0 Å². The highest BCUT2D eigenvalue weighted by molar-refractivity contribution is 5.29. The third-order valence-corrected chi connectivity index (χ3v) is 4.53. The maximum atomic E-state index is 2.39. The zero-order valence-corrected chi connectivity index (χ0v) is 13.0. The van der Waals surface area contributed by atoms with E-state index in [0.717, 1.165) is 18.3 Å². The molecule has 0 nitrogen and oxygen atoms in total. The van der Waals surface area contributed by atoms with Crippen LogP contribution in [0.5, 0.6) is 0 Å². The molecule has 1 fully saturated rings. The van der Waals surface area contributed by atoms with E-state index in [0.29, 0.717) is 0 Å². The molecule has 0 aromatic carbocycles. The summed E-state index contributed by atoms with van der Waals surface area (Å²) in [7, 11) is 0. The van der Waals surface area contributed by atoms with Crippen LogP contribution in [0.15, 0.2) is 46.6 Å². The Morgan fingerprint density at radius 2 is 2.00 bits per heavy atom. The molecule has 0 aliphatic heterocycles. The van der Waals surface area contributed by atoms with Gasteiger partial charge in [0.25, 0.3) is 0 Å². The van der Waals surface area contributed by atoms with Gasteiger partial charge in [-0.3, -0.25) is 0 Å². The zero-order chi connectivity index (χ0) is 13.8. The Bertz CT molecular complexity index is 439. The average molecular weight is 256 g/mol. The van der Waals surface area contributed by atoms with Crippen molar-refractivity contribution in [3.8, 4) is 0 Å². The first-order chi connectivity index (χ1) is 9.10. The van der Waals surface area contributed by atoms with E-state index in [-0.39, 0.29) is 0 Å². The smallest absolute Gasteiger partial charge is 0.0105 e. The van der Waals surface area contributed by atoms with Gasteiger partial charge in [0.2, 0.25) is 0 Å². The van der Waals surface area contributed by atoms with E-state index in [4.69, 9.17) is 0 Å². The van der Waals surface area contributed by atoms with Gasteiger partial charge < -0.3 is 0 Å². The summed E-state index contributed by atoms with van der Waals surface area (Å²) in [6.45, 7) is 9.13. The Morgan fingerprint density at radius 1 is 1.26 bits per heavy atom. The molecule has 0 bridgehead atoms. The molecule has 2 rings (SSSR count). The fraction of sp³-hybridized carbons (Fsp3) is 0.579. The second-order valence-corrected chi connectivity index (χ2v) is 6.40. The van der Waals surface area contributed by atoms with E-state index >= 15 is 0 Å². The molecule has 0 aromatic rings. The van der Waals surface area contributed by atoms with Crippen molar-refractivity contribution in [2.24, 2.45) is 11.8 Å². The Kier molecular flexibility index (Phi) is 4.85. The molecular weight excluding hydrogens is 228 g/mol. The van der Waals surface area contributed by atoms with Crippen molar-refractivity contribution >= 4 is 0 Å². The first-order valence-corrected chi connectivity index (χ1v) is 7.82. The van der Waals surface area contributed by atoms with Gasteiger partial charge in [0.05, 0.1) is 0 Å². The van der Waals surface area contributed by atoms with Crippen LogP contribution in [0.1, 0.15) is 59.8 Å². The second kappa shape index (κ2) is 6.41. The molecule has 0 radical (unpaired) electrons. The topological polar surface area (TPSA) is 0 Å². The minimum atomic E-state index is 0.723. The minimum absolute atomic E-state index is 0.723. The molecule has 19 heavy (non-hydrogen) atoms. The van der Waals surface area contributed by atoms with Crippen LogP contribution in [0.3, 0.4) is 0 Å². The highest BCUT2D eigenvalue weighted by atomic mass is 14.3. The Hall–Kier alpha value is -1.04. The molecule has 0 heteroatoms. The van der Waals surface area contributed by atoms with Crippen molar-refractivity contribution in [1.29, 1.82) is 0 Å². The van der Waals surface area contributed by atoms with Crippen LogP contribution in [0, 0.1) is 11.8 Å². The average Bonchev–Trinajstić information content (AvgIpc) is 3.19. The van der Waals surface area contributed by atoms with Crippen molar-refractivity contribution in [3.63, 3.8) is 0 Å². The van der Waals surface area contributed by atoms with Crippen LogP contribution in [-0.4, -0.2) is 0 Å². The summed E-state index contributed by atoms with van der Waals surface area (Å²) in [4.78, 5) is 0. The molecule has 1 atom stereocenters. The minimum Gasteiger partial charge on any atom is -0.0702 e. The van der Waals surface area contributed by atoms with Crippen molar-refractivity contribution in [3.05, 3.63) is 46.6 Å². The van der Waals surface area contributed by atoms with Crippen LogP contribution >= 0.6 is 0 Å². The highest BCUT2D eigenvalue weighted by Crippen LogP contribution is 2.38. The summed E-state index contributed by atoms with van der Waals surface area (Å²) in [6, 6.07) is 0. The molecular formula is C19H28. The molecule has 104 valence electrons. The molecule has 1 unspecified atom stereocenters. The van der Waals surface area contributed by atoms with E-state index in [1.807, 2.05) is 0 Å². The Balaban J connectivity index is 1.95. The highest BCUT2D eigenvalue weighted by Gasteiger charge is 2.23. The molecule has 0 heterocycles. The van der Waals surface area contributed by atoms with Crippen molar-refractivity contribution in [2.75, 3.05) is 0 Å². The largest absolute Gasteiger partial charge is 0.0702 e. The third-order valence-electron chi connectivity index (χ3n) is 4.53. The van der Waals surface area contributed by atoms with E-state index in [1.54, 1.807) is 11.1 Å². The standard InChI is InChI=1S/C19H28/c1-5-18(19-10-11-19)9-6-14(2)12-17-8-7-15(3)16(4)13-17/h6-9,16,19H,5,10-13H2,1-4H3/b14-6+,18-9+. The van der Waals surface area contributed by atoms with Crippen LogP contribution in [0.4, 0.5) is 0 Å². The Morgan fingerprint density at radius 3 is 2.58 bits per heavy atom. The van der Waals surface area contributed by atoms with Gasteiger partial charge in [-0.15, -0.1) is 0 Å². The first-order valence-electron chi connectivity index (χ1n) is 7.82. The van der Waals surface area contributed by atoms with Crippen LogP contribution in [-0.2, 0) is 0 Å². The number of rotatable bonds is 5. The molecule has 1 saturated carbocycles. The van der Waals surface area contributed by atoms with Gasteiger partial charge in [-0.2, -0.15) is 0 Å². The normalized spacial score (nSPS) is 25.2. The lowest BCUT2D eigenvalue weighted by Gasteiger charge is -2.19. The maximum Gasteiger partial charge on any atom is -0.0105 e. The summed E-state index contributed by atoms with van der Waals surface area (Å²) in [5, 5.41) is 0. The fourth-order valence-corrected chi connectivity index (χ4v) is 2.83. The molecule has 0 spiro atoms. The lowest BCUT2D eigenvalue weighted by molar-refractivity contribution is 0.651. The van der Waals surface area contributed by atoms with Gasteiger partial charge in [0.1, 0.15) is 0 Å². The van der Waals surface area contributed by atoms with Crippen LogP contribution in [0.25, 0.3) is 0 Å². The first kappa shape index (κ1) is 14.4. The summed E-state index contributed by atoms with van der Waals surface area (Å²) in [6.07, 6.45) is 15.8. The zero-order valence-electron chi connectivity index (χ0n) is 13.0. The van der Waals surface area contributed by atoms with Gasteiger partial charge in [-0.05, 0) is 57.8 Å². The predicted molar refractivity (Wildman–Crippen MR) is 85.1 cm³/mol.